The highest BCUT2D eigenvalue weighted by molar-refractivity contribution is 6.31. The van der Waals surface area contributed by atoms with Gasteiger partial charge in [-0.1, -0.05) is 17.7 Å². The van der Waals surface area contributed by atoms with Crippen molar-refractivity contribution in [1.29, 1.82) is 0 Å². The normalized spacial score (nSPS) is 14.5. The predicted molar refractivity (Wildman–Crippen MR) is 111 cm³/mol. The number of hydrogen-bond donors (Lipinski definition) is 2. The van der Waals surface area contributed by atoms with E-state index in [1.54, 1.807) is 31.4 Å². The highest BCUT2D eigenvalue weighted by atomic mass is 35.5. The molecule has 2 N–H and O–H groups in total. The van der Waals surface area contributed by atoms with E-state index in [0.29, 0.717) is 41.6 Å². The summed E-state index contributed by atoms with van der Waals surface area (Å²) >= 11 is 5.94. The number of fused-ring (bicyclic) bond motifs is 1. The molecule has 1 heterocycles. The van der Waals surface area contributed by atoms with Crippen LogP contribution in [0.25, 0.3) is 0 Å². The minimum Gasteiger partial charge on any atom is -0.455 e. The van der Waals surface area contributed by atoms with Gasteiger partial charge in [-0.15, -0.1) is 0 Å². The maximum absolute atomic E-state index is 12.5. The Hall–Kier alpha value is -2.64. The average molecular weight is 418 g/mol. The third-order valence-electron chi connectivity index (χ3n) is 4.72. The molecule has 2 amide bonds. The van der Waals surface area contributed by atoms with Gasteiger partial charge in [-0.05, 0) is 44.4 Å². The van der Waals surface area contributed by atoms with Gasteiger partial charge in [0.05, 0.1) is 5.71 Å². The van der Waals surface area contributed by atoms with E-state index >= 15 is 0 Å². The zero-order valence-electron chi connectivity index (χ0n) is 16.5. The molecule has 1 aromatic carbocycles. The fraction of sp³-hybridized carbons (Fsp3) is 0.381. The van der Waals surface area contributed by atoms with Crippen LogP contribution in [0.1, 0.15) is 57.1 Å². The second-order valence-electron chi connectivity index (χ2n) is 6.82. The zero-order valence-corrected chi connectivity index (χ0v) is 17.3. The molecule has 8 heteroatoms. The number of methoxy groups -OCH3 is 1. The number of nitrogens with zero attached hydrogens (tertiary/aromatic N) is 1. The number of nitrogens with one attached hydrogen (secondary N) is 2. The zero-order chi connectivity index (χ0) is 20.8. The standard InChI is InChI=1S/C21H24ClN3O4/c1-13-18-16(24-25-20(26)14-6-3-7-15(22)12-14)8-4-9-17(18)29-19(13)21(27)23-10-5-11-28-2/h3,6-7,12H,4-5,8-11H2,1-2H3,(H,23,27)(H,25,26)/b24-16+. The minimum atomic E-state index is -0.343. The number of carbonyl (C=O) groups is 2. The Morgan fingerprint density at radius 3 is 2.86 bits per heavy atom. The van der Waals surface area contributed by atoms with Crippen LogP contribution in [0.4, 0.5) is 0 Å². The van der Waals surface area contributed by atoms with Gasteiger partial charge in [0.1, 0.15) is 5.76 Å². The monoisotopic (exact) mass is 417 g/mol. The summed E-state index contributed by atoms with van der Waals surface area (Å²) in [5, 5.41) is 7.64. The van der Waals surface area contributed by atoms with Crippen LogP contribution in [0, 0.1) is 6.92 Å². The number of halogens is 1. The van der Waals surface area contributed by atoms with E-state index in [1.165, 1.54) is 0 Å². The Kier molecular flexibility index (Phi) is 7.06. The molecule has 0 atom stereocenters. The summed E-state index contributed by atoms with van der Waals surface area (Å²) in [4.78, 5) is 24.8. The predicted octanol–water partition coefficient (Wildman–Crippen LogP) is 3.48. The number of hydrazone groups is 1. The quantitative estimate of drug-likeness (QED) is 0.532. The molecule has 154 valence electrons. The molecule has 0 spiro atoms. The number of furan rings is 1. The van der Waals surface area contributed by atoms with Crippen molar-refractivity contribution in [2.75, 3.05) is 20.3 Å². The number of carbonyl (C=O) groups excluding carboxylic acids is 2. The molecule has 1 aromatic heterocycles. The van der Waals surface area contributed by atoms with Crippen LogP contribution in [-0.2, 0) is 11.2 Å². The summed E-state index contributed by atoms with van der Waals surface area (Å²) in [6, 6.07) is 6.66. The fourth-order valence-corrected chi connectivity index (χ4v) is 3.50. The van der Waals surface area contributed by atoms with Crippen molar-refractivity contribution >= 4 is 29.1 Å². The van der Waals surface area contributed by atoms with Gasteiger partial charge in [0.15, 0.2) is 5.76 Å². The molecule has 0 saturated heterocycles. The summed E-state index contributed by atoms with van der Waals surface area (Å²) in [7, 11) is 1.62. The highest BCUT2D eigenvalue weighted by Crippen LogP contribution is 2.29. The first kappa shape index (κ1) is 21.1. The van der Waals surface area contributed by atoms with E-state index in [-0.39, 0.29) is 11.8 Å². The second-order valence-corrected chi connectivity index (χ2v) is 7.26. The maximum atomic E-state index is 12.5. The number of ether oxygens (including phenoxy) is 1. The van der Waals surface area contributed by atoms with E-state index in [4.69, 9.17) is 20.8 Å². The topological polar surface area (TPSA) is 92.9 Å². The Balaban J connectivity index is 1.76. The van der Waals surface area contributed by atoms with E-state index < -0.39 is 0 Å². The van der Waals surface area contributed by atoms with Crippen molar-refractivity contribution in [3.63, 3.8) is 0 Å². The molecule has 0 bridgehead atoms. The second kappa shape index (κ2) is 9.71. The van der Waals surface area contributed by atoms with Gasteiger partial charge in [-0.25, -0.2) is 5.43 Å². The Bertz CT molecular complexity index is 936. The number of rotatable bonds is 7. The van der Waals surface area contributed by atoms with Gasteiger partial charge < -0.3 is 14.5 Å². The number of amides is 2. The molecule has 7 nitrogen and oxygen atoms in total. The first-order valence-electron chi connectivity index (χ1n) is 9.53. The first-order chi connectivity index (χ1) is 14.0. The van der Waals surface area contributed by atoms with Gasteiger partial charge in [0.2, 0.25) is 0 Å². The highest BCUT2D eigenvalue weighted by Gasteiger charge is 2.28. The fourth-order valence-electron chi connectivity index (χ4n) is 3.31. The summed E-state index contributed by atoms with van der Waals surface area (Å²) in [6.45, 7) is 2.93. The molecule has 1 aliphatic rings. The molecule has 2 aromatic rings. The molecular weight excluding hydrogens is 394 g/mol. The lowest BCUT2D eigenvalue weighted by atomic mass is 9.93. The van der Waals surface area contributed by atoms with Crippen LogP contribution < -0.4 is 10.7 Å². The van der Waals surface area contributed by atoms with Crippen molar-refractivity contribution in [1.82, 2.24) is 10.7 Å². The molecule has 3 rings (SSSR count). The van der Waals surface area contributed by atoms with Crippen molar-refractivity contribution < 1.29 is 18.7 Å². The lowest BCUT2D eigenvalue weighted by Gasteiger charge is -2.13. The van der Waals surface area contributed by atoms with Gasteiger partial charge in [0, 0.05) is 48.4 Å². The van der Waals surface area contributed by atoms with E-state index in [1.807, 2.05) is 6.92 Å². The lowest BCUT2D eigenvalue weighted by Crippen LogP contribution is -2.25. The van der Waals surface area contributed by atoms with Crippen LogP contribution >= 0.6 is 11.6 Å². The number of benzene rings is 1. The molecular formula is C21H24ClN3O4. The average Bonchev–Trinajstić information content (AvgIpc) is 3.06. The minimum absolute atomic E-state index is 0.254. The van der Waals surface area contributed by atoms with E-state index in [9.17, 15) is 9.59 Å². The third-order valence-corrected chi connectivity index (χ3v) is 4.96. The van der Waals surface area contributed by atoms with Crippen molar-refractivity contribution in [2.24, 2.45) is 5.10 Å². The SMILES string of the molecule is COCCCNC(=O)c1oc2c(c1C)/C(=N/NC(=O)c1cccc(Cl)c1)CCC2. The van der Waals surface area contributed by atoms with Crippen LogP contribution in [0.3, 0.4) is 0 Å². The molecule has 0 aliphatic heterocycles. The number of hydrogen-bond acceptors (Lipinski definition) is 5. The Labute approximate surface area is 174 Å². The van der Waals surface area contributed by atoms with E-state index in [2.05, 4.69) is 15.8 Å². The van der Waals surface area contributed by atoms with Crippen molar-refractivity contribution in [3.05, 3.63) is 57.5 Å². The molecule has 0 saturated carbocycles. The maximum Gasteiger partial charge on any atom is 0.287 e. The van der Waals surface area contributed by atoms with Gasteiger partial charge >= 0.3 is 0 Å². The summed E-state index contributed by atoms with van der Waals surface area (Å²) < 4.78 is 10.8. The van der Waals surface area contributed by atoms with E-state index in [0.717, 1.165) is 36.1 Å². The third kappa shape index (κ3) is 5.05. The molecule has 1 aliphatic carbocycles. The van der Waals surface area contributed by atoms with Crippen LogP contribution in [-0.4, -0.2) is 37.8 Å². The van der Waals surface area contributed by atoms with Crippen LogP contribution in [0.2, 0.25) is 5.02 Å². The lowest BCUT2D eigenvalue weighted by molar-refractivity contribution is 0.0916. The molecule has 0 unspecified atom stereocenters. The van der Waals surface area contributed by atoms with Gasteiger partial charge in [0.25, 0.3) is 11.8 Å². The van der Waals surface area contributed by atoms with Gasteiger partial charge in [-0.2, -0.15) is 5.10 Å². The first-order valence-corrected chi connectivity index (χ1v) is 9.91. The largest absolute Gasteiger partial charge is 0.455 e. The summed E-state index contributed by atoms with van der Waals surface area (Å²) in [5.74, 6) is 0.425. The molecule has 0 radical (unpaired) electrons. The Morgan fingerprint density at radius 2 is 2.10 bits per heavy atom. The van der Waals surface area contributed by atoms with Crippen LogP contribution in [0.5, 0.6) is 0 Å². The Morgan fingerprint density at radius 1 is 1.28 bits per heavy atom. The number of aryl methyl sites for hydroxylation is 1. The van der Waals surface area contributed by atoms with Crippen molar-refractivity contribution in [3.8, 4) is 0 Å². The van der Waals surface area contributed by atoms with Crippen LogP contribution in [0.15, 0.2) is 33.8 Å². The van der Waals surface area contributed by atoms with Gasteiger partial charge in [-0.3, -0.25) is 9.59 Å². The molecule has 0 fully saturated rings. The molecule has 29 heavy (non-hydrogen) atoms. The summed E-state index contributed by atoms with van der Waals surface area (Å²) in [5.41, 5.74) is 5.27. The summed E-state index contributed by atoms with van der Waals surface area (Å²) in [6.07, 6.45) is 2.98. The van der Waals surface area contributed by atoms with Crippen molar-refractivity contribution in [2.45, 2.75) is 32.6 Å². The smallest absolute Gasteiger partial charge is 0.287 e.